The molecular weight excluding hydrogens is 465 g/mol. The Kier molecular flexibility index (Phi) is 4.94. The first-order valence-corrected chi connectivity index (χ1v) is 7.64. The van der Waals surface area contributed by atoms with Gasteiger partial charge in [-0.25, -0.2) is 4.39 Å². The first-order valence-electron chi connectivity index (χ1n) is 5.77. The standard InChI is InChI=1S/C14H9BrF4IN/c15-8-2-4-12(20)9(6-8)13(21)7-1-3-10(11(16)5-7)14(17,18)19/h1-6,13H,21H2. The third kappa shape index (κ3) is 3.75. The Bertz CT molecular complexity index is 673. The molecule has 2 aromatic carbocycles. The number of halogens is 6. The zero-order valence-corrected chi connectivity index (χ0v) is 14.1. The summed E-state index contributed by atoms with van der Waals surface area (Å²) in [4.78, 5) is 0. The van der Waals surface area contributed by atoms with Gasteiger partial charge in [0.2, 0.25) is 0 Å². The van der Waals surface area contributed by atoms with Gasteiger partial charge in [0.1, 0.15) is 5.82 Å². The minimum Gasteiger partial charge on any atom is -0.320 e. The van der Waals surface area contributed by atoms with Crippen molar-refractivity contribution < 1.29 is 17.6 Å². The van der Waals surface area contributed by atoms with E-state index in [1.807, 2.05) is 12.1 Å². The average Bonchev–Trinajstić information content (AvgIpc) is 2.39. The van der Waals surface area contributed by atoms with Crippen LogP contribution in [0.3, 0.4) is 0 Å². The number of nitrogens with two attached hydrogens (primary N) is 1. The fourth-order valence-electron chi connectivity index (χ4n) is 1.89. The molecular formula is C14H9BrF4IN. The van der Waals surface area contributed by atoms with Gasteiger partial charge in [-0.3, -0.25) is 0 Å². The fraction of sp³-hybridized carbons (Fsp3) is 0.143. The van der Waals surface area contributed by atoms with Crippen molar-refractivity contribution in [2.45, 2.75) is 12.2 Å². The SMILES string of the molecule is NC(c1ccc(C(F)(F)F)c(F)c1)c1cc(Br)ccc1I. The van der Waals surface area contributed by atoms with E-state index in [4.69, 9.17) is 5.73 Å². The van der Waals surface area contributed by atoms with Crippen LogP contribution in [0.4, 0.5) is 17.6 Å². The lowest BCUT2D eigenvalue weighted by Gasteiger charge is -2.16. The van der Waals surface area contributed by atoms with Crippen molar-refractivity contribution in [2.24, 2.45) is 5.73 Å². The van der Waals surface area contributed by atoms with Crippen molar-refractivity contribution in [3.05, 3.63) is 66.9 Å². The van der Waals surface area contributed by atoms with E-state index in [-0.39, 0.29) is 5.56 Å². The van der Waals surface area contributed by atoms with E-state index in [2.05, 4.69) is 38.5 Å². The van der Waals surface area contributed by atoms with E-state index in [9.17, 15) is 17.6 Å². The third-order valence-corrected chi connectivity index (χ3v) is 4.43. The molecule has 0 aliphatic carbocycles. The monoisotopic (exact) mass is 473 g/mol. The van der Waals surface area contributed by atoms with Gasteiger partial charge in [-0.2, -0.15) is 13.2 Å². The number of hydrogen-bond donors (Lipinski definition) is 1. The first-order chi connectivity index (χ1) is 9.70. The van der Waals surface area contributed by atoms with Gasteiger partial charge in [0.15, 0.2) is 0 Å². The van der Waals surface area contributed by atoms with Crippen LogP contribution in [0.5, 0.6) is 0 Å². The van der Waals surface area contributed by atoms with Crippen molar-refractivity contribution in [1.29, 1.82) is 0 Å². The van der Waals surface area contributed by atoms with Crippen molar-refractivity contribution in [3.63, 3.8) is 0 Å². The molecule has 2 N–H and O–H groups in total. The smallest absolute Gasteiger partial charge is 0.320 e. The zero-order valence-electron chi connectivity index (χ0n) is 10.4. The van der Waals surface area contributed by atoms with Crippen LogP contribution in [0, 0.1) is 9.39 Å². The van der Waals surface area contributed by atoms with E-state index in [1.165, 1.54) is 6.07 Å². The summed E-state index contributed by atoms with van der Waals surface area (Å²) in [5, 5.41) is 0. The molecule has 1 atom stereocenters. The molecule has 0 saturated heterocycles. The molecule has 0 amide bonds. The normalized spacial score (nSPS) is 13.3. The number of hydrogen-bond acceptors (Lipinski definition) is 1. The topological polar surface area (TPSA) is 26.0 Å². The van der Waals surface area contributed by atoms with Crippen molar-refractivity contribution in [1.82, 2.24) is 0 Å². The molecule has 1 unspecified atom stereocenters. The lowest BCUT2D eigenvalue weighted by Crippen LogP contribution is -2.15. The Balaban J connectivity index is 2.43. The van der Waals surface area contributed by atoms with Crippen LogP contribution in [0.1, 0.15) is 22.7 Å². The summed E-state index contributed by atoms with van der Waals surface area (Å²) < 4.78 is 52.9. The molecule has 21 heavy (non-hydrogen) atoms. The molecule has 0 aliphatic heterocycles. The van der Waals surface area contributed by atoms with E-state index >= 15 is 0 Å². The number of benzene rings is 2. The van der Waals surface area contributed by atoms with Crippen LogP contribution in [-0.4, -0.2) is 0 Å². The summed E-state index contributed by atoms with van der Waals surface area (Å²) in [6.45, 7) is 0. The van der Waals surface area contributed by atoms with E-state index < -0.39 is 23.6 Å². The maximum Gasteiger partial charge on any atom is 0.419 e. The summed E-state index contributed by atoms with van der Waals surface area (Å²) in [5.74, 6) is -1.32. The second kappa shape index (κ2) is 6.21. The van der Waals surface area contributed by atoms with Crippen LogP contribution < -0.4 is 5.73 Å². The Morgan fingerprint density at radius 1 is 1.10 bits per heavy atom. The maximum absolute atomic E-state index is 13.6. The van der Waals surface area contributed by atoms with Gasteiger partial charge in [-0.05, 0) is 64.0 Å². The van der Waals surface area contributed by atoms with Gasteiger partial charge in [0.05, 0.1) is 11.6 Å². The maximum atomic E-state index is 13.6. The lowest BCUT2D eigenvalue weighted by atomic mass is 9.98. The molecule has 0 radical (unpaired) electrons. The van der Waals surface area contributed by atoms with Gasteiger partial charge in [-0.1, -0.05) is 22.0 Å². The minimum absolute atomic E-state index is 0.288. The van der Waals surface area contributed by atoms with Crippen LogP contribution in [0.25, 0.3) is 0 Å². The predicted octanol–water partition coefficient (Wildman–Crippen LogP) is 5.26. The number of rotatable bonds is 2. The van der Waals surface area contributed by atoms with E-state index in [0.29, 0.717) is 5.56 Å². The van der Waals surface area contributed by atoms with Crippen LogP contribution >= 0.6 is 38.5 Å². The minimum atomic E-state index is -4.71. The van der Waals surface area contributed by atoms with Gasteiger partial charge in [-0.15, -0.1) is 0 Å². The van der Waals surface area contributed by atoms with Crippen molar-refractivity contribution >= 4 is 38.5 Å². The molecule has 0 heterocycles. The second-order valence-corrected chi connectivity index (χ2v) is 6.46. The Labute approximate surface area is 140 Å². The largest absolute Gasteiger partial charge is 0.419 e. The van der Waals surface area contributed by atoms with Crippen LogP contribution in [0.15, 0.2) is 40.9 Å². The second-order valence-electron chi connectivity index (χ2n) is 4.38. The van der Waals surface area contributed by atoms with Crippen molar-refractivity contribution in [3.8, 4) is 0 Å². The first kappa shape index (κ1) is 16.7. The van der Waals surface area contributed by atoms with E-state index in [1.54, 1.807) is 6.07 Å². The summed E-state index contributed by atoms with van der Waals surface area (Å²) in [5.41, 5.74) is 5.75. The molecule has 2 rings (SSSR count). The predicted molar refractivity (Wildman–Crippen MR) is 84.3 cm³/mol. The van der Waals surface area contributed by atoms with Gasteiger partial charge >= 0.3 is 6.18 Å². The molecule has 2 aromatic rings. The Morgan fingerprint density at radius 3 is 2.33 bits per heavy atom. The summed E-state index contributed by atoms with van der Waals surface area (Å²) >= 11 is 5.38. The fourth-order valence-corrected chi connectivity index (χ4v) is 2.94. The molecule has 0 fully saturated rings. The highest BCUT2D eigenvalue weighted by atomic mass is 127. The molecule has 0 saturated carbocycles. The van der Waals surface area contributed by atoms with Crippen molar-refractivity contribution in [2.75, 3.05) is 0 Å². The molecule has 112 valence electrons. The van der Waals surface area contributed by atoms with Gasteiger partial charge < -0.3 is 5.73 Å². The summed E-state index contributed by atoms with van der Waals surface area (Å²) in [7, 11) is 0. The molecule has 0 aliphatic rings. The molecule has 0 spiro atoms. The molecule has 1 nitrogen and oxygen atoms in total. The Morgan fingerprint density at radius 2 is 1.76 bits per heavy atom. The third-order valence-electron chi connectivity index (χ3n) is 2.95. The molecule has 0 bridgehead atoms. The highest BCUT2D eigenvalue weighted by Crippen LogP contribution is 2.34. The zero-order chi connectivity index (χ0) is 15.8. The van der Waals surface area contributed by atoms with Gasteiger partial charge in [0, 0.05) is 8.04 Å². The summed E-state index contributed by atoms with van der Waals surface area (Å²) in [6, 6.07) is 7.47. The Hall–Kier alpha value is -0.670. The van der Waals surface area contributed by atoms with Gasteiger partial charge in [0.25, 0.3) is 0 Å². The quantitative estimate of drug-likeness (QED) is 0.467. The lowest BCUT2D eigenvalue weighted by molar-refractivity contribution is -0.140. The molecule has 0 aromatic heterocycles. The average molecular weight is 474 g/mol. The van der Waals surface area contributed by atoms with Crippen LogP contribution in [-0.2, 0) is 6.18 Å². The highest BCUT2D eigenvalue weighted by molar-refractivity contribution is 14.1. The molecule has 7 heteroatoms. The summed E-state index contributed by atoms with van der Waals surface area (Å²) in [6.07, 6.45) is -4.71. The van der Waals surface area contributed by atoms with Crippen LogP contribution in [0.2, 0.25) is 0 Å². The van der Waals surface area contributed by atoms with E-state index in [0.717, 1.165) is 20.2 Å². The highest BCUT2D eigenvalue weighted by Gasteiger charge is 2.34. The number of alkyl halides is 3.